The maximum absolute atomic E-state index is 12.9. The van der Waals surface area contributed by atoms with Crippen LogP contribution < -0.4 is 16.0 Å². The van der Waals surface area contributed by atoms with Crippen molar-refractivity contribution in [2.24, 2.45) is 0 Å². The Morgan fingerprint density at radius 2 is 1.91 bits per heavy atom. The molecule has 32 heavy (non-hydrogen) atoms. The van der Waals surface area contributed by atoms with Crippen molar-refractivity contribution in [1.29, 1.82) is 0 Å². The number of amides is 3. The van der Waals surface area contributed by atoms with Crippen molar-refractivity contribution in [3.63, 3.8) is 0 Å². The number of carbonyl (C=O) groups is 3. The minimum atomic E-state index is -0.695. The molecule has 1 saturated heterocycles. The highest BCUT2D eigenvalue weighted by Gasteiger charge is 2.41. The molecule has 1 fully saturated rings. The number of anilines is 1. The van der Waals surface area contributed by atoms with E-state index in [-0.39, 0.29) is 24.1 Å². The topological polar surface area (TPSA) is 90.5 Å². The summed E-state index contributed by atoms with van der Waals surface area (Å²) in [6, 6.07) is 13.0. The summed E-state index contributed by atoms with van der Waals surface area (Å²) in [6.07, 6.45) is 1.25. The Kier molecular flexibility index (Phi) is 5.91. The molecule has 1 spiro atoms. The van der Waals surface area contributed by atoms with Crippen LogP contribution in [0.15, 0.2) is 42.5 Å². The van der Waals surface area contributed by atoms with Gasteiger partial charge in [-0.15, -0.1) is 0 Å². The first-order valence-corrected chi connectivity index (χ1v) is 11.1. The zero-order valence-electron chi connectivity index (χ0n) is 18.8. The molecule has 2 aliphatic heterocycles. The average molecular weight is 435 g/mol. The lowest BCUT2D eigenvalue weighted by molar-refractivity contribution is -0.139. The molecule has 0 unspecified atom stereocenters. The molecule has 0 saturated carbocycles. The van der Waals surface area contributed by atoms with Crippen molar-refractivity contribution in [3.8, 4) is 0 Å². The molecule has 2 aromatic rings. The third-order valence-corrected chi connectivity index (χ3v) is 6.57. The van der Waals surface area contributed by atoms with Gasteiger partial charge in [-0.05, 0) is 56.0 Å². The number of likely N-dealkylation sites (tertiary alicyclic amines) is 1. The maximum Gasteiger partial charge on any atom is 0.255 e. The summed E-state index contributed by atoms with van der Waals surface area (Å²) in [7, 11) is 0. The number of hydrogen-bond donors (Lipinski definition) is 3. The molecule has 168 valence electrons. The number of carbonyl (C=O) groups excluding carboxylic acids is 3. The van der Waals surface area contributed by atoms with E-state index in [1.807, 2.05) is 56.3 Å². The molecule has 0 radical (unpaired) electrons. The van der Waals surface area contributed by atoms with Crippen LogP contribution in [0.2, 0.25) is 0 Å². The molecule has 2 atom stereocenters. The van der Waals surface area contributed by atoms with Crippen molar-refractivity contribution in [1.82, 2.24) is 15.5 Å². The fourth-order valence-electron chi connectivity index (χ4n) is 4.50. The highest BCUT2D eigenvalue weighted by atomic mass is 16.2. The SMILES string of the molecule is Cc1ccc2c(c1)N[C@]1(CCC(=O)N([C@@H](C)C(=O)NCc3ccccc3C)CC1)NC2=O. The summed E-state index contributed by atoms with van der Waals surface area (Å²) in [5.74, 6) is -0.394. The van der Waals surface area contributed by atoms with Crippen LogP contribution in [-0.2, 0) is 16.1 Å². The molecule has 7 heteroatoms. The lowest BCUT2D eigenvalue weighted by atomic mass is 9.94. The Morgan fingerprint density at radius 1 is 1.12 bits per heavy atom. The highest BCUT2D eigenvalue weighted by Crippen LogP contribution is 2.32. The van der Waals surface area contributed by atoms with Gasteiger partial charge in [-0.2, -0.15) is 0 Å². The first kappa shape index (κ1) is 21.9. The van der Waals surface area contributed by atoms with Gasteiger partial charge in [-0.3, -0.25) is 14.4 Å². The second kappa shape index (κ2) is 8.65. The van der Waals surface area contributed by atoms with Crippen LogP contribution in [0.3, 0.4) is 0 Å². The number of rotatable bonds is 4. The second-order valence-corrected chi connectivity index (χ2v) is 8.87. The standard InChI is InChI=1S/C25H30N4O3/c1-16-8-9-20-21(14-16)27-25(28-24(20)32)11-10-22(30)29(13-12-25)18(3)23(31)26-15-19-7-5-4-6-17(19)2/h4-9,14,18,27H,10-13,15H2,1-3H3,(H,26,31)(H,28,32)/t18-,25+/m0/s1. The van der Waals surface area contributed by atoms with Gasteiger partial charge in [0.05, 0.1) is 5.56 Å². The van der Waals surface area contributed by atoms with Crippen molar-refractivity contribution < 1.29 is 14.4 Å². The van der Waals surface area contributed by atoms with E-state index in [9.17, 15) is 14.4 Å². The van der Waals surface area contributed by atoms with Gasteiger partial charge < -0.3 is 20.9 Å². The first-order chi connectivity index (χ1) is 15.3. The minimum absolute atomic E-state index is 0.0773. The van der Waals surface area contributed by atoms with Crippen molar-refractivity contribution in [2.75, 3.05) is 11.9 Å². The Bertz CT molecular complexity index is 1070. The van der Waals surface area contributed by atoms with E-state index in [1.54, 1.807) is 11.8 Å². The molecular formula is C25H30N4O3. The number of aryl methyl sites for hydroxylation is 2. The molecule has 3 amide bonds. The summed E-state index contributed by atoms with van der Waals surface area (Å²) in [5.41, 5.74) is 3.93. The van der Waals surface area contributed by atoms with Gasteiger partial charge in [0.15, 0.2) is 0 Å². The maximum atomic E-state index is 12.9. The van der Waals surface area contributed by atoms with Crippen LogP contribution >= 0.6 is 0 Å². The van der Waals surface area contributed by atoms with Crippen LogP contribution in [-0.4, -0.2) is 40.9 Å². The van der Waals surface area contributed by atoms with Crippen LogP contribution in [0.4, 0.5) is 5.69 Å². The smallest absolute Gasteiger partial charge is 0.255 e. The zero-order valence-corrected chi connectivity index (χ0v) is 18.8. The summed E-state index contributed by atoms with van der Waals surface area (Å²) < 4.78 is 0. The quantitative estimate of drug-likeness (QED) is 0.690. The Balaban J connectivity index is 1.44. The van der Waals surface area contributed by atoms with E-state index < -0.39 is 11.7 Å². The van der Waals surface area contributed by atoms with Crippen molar-refractivity contribution in [2.45, 2.75) is 58.3 Å². The third-order valence-electron chi connectivity index (χ3n) is 6.57. The van der Waals surface area contributed by atoms with Crippen LogP contribution in [0.5, 0.6) is 0 Å². The van der Waals surface area contributed by atoms with Gasteiger partial charge in [-0.25, -0.2) is 0 Å². The van der Waals surface area contributed by atoms with E-state index in [0.29, 0.717) is 31.5 Å². The van der Waals surface area contributed by atoms with Crippen LogP contribution in [0, 0.1) is 13.8 Å². The fraction of sp³-hybridized carbons (Fsp3) is 0.400. The average Bonchev–Trinajstić information content (AvgIpc) is 2.91. The van der Waals surface area contributed by atoms with E-state index in [1.165, 1.54) is 0 Å². The number of hydrogen-bond acceptors (Lipinski definition) is 4. The van der Waals surface area contributed by atoms with Gasteiger partial charge in [0.1, 0.15) is 11.7 Å². The number of nitrogens with one attached hydrogen (secondary N) is 3. The van der Waals surface area contributed by atoms with E-state index >= 15 is 0 Å². The lowest BCUT2D eigenvalue weighted by Gasteiger charge is -2.40. The second-order valence-electron chi connectivity index (χ2n) is 8.87. The van der Waals surface area contributed by atoms with Crippen molar-refractivity contribution in [3.05, 3.63) is 64.7 Å². The van der Waals surface area contributed by atoms with E-state index in [2.05, 4.69) is 16.0 Å². The summed E-state index contributed by atoms with van der Waals surface area (Å²) >= 11 is 0. The van der Waals surface area contributed by atoms with Crippen LogP contribution in [0.1, 0.15) is 53.2 Å². The lowest BCUT2D eigenvalue weighted by Crippen LogP contribution is -2.58. The van der Waals surface area contributed by atoms with Gasteiger partial charge in [0.25, 0.3) is 5.91 Å². The number of nitrogens with zero attached hydrogens (tertiary/aromatic N) is 1. The molecule has 0 aliphatic carbocycles. The molecule has 3 N–H and O–H groups in total. The van der Waals surface area contributed by atoms with Gasteiger partial charge in [0.2, 0.25) is 11.8 Å². The molecule has 2 aromatic carbocycles. The van der Waals surface area contributed by atoms with Crippen LogP contribution in [0.25, 0.3) is 0 Å². The van der Waals surface area contributed by atoms with Gasteiger partial charge in [0, 0.05) is 31.6 Å². The Hall–Kier alpha value is -3.35. The number of benzene rings is 2. The Morgan fingerprint density at radius 3 is 2.69 bits per heavy atom. The predicted octanol–water partition coefficient (Wildman–Crippen LogP) is 2.87. The minimum Gasteiger partial charge on any atom is -0.362 e. The van der Waals surface area contributed by atoms with Crippen molar-refractivity contribution >= 4 is 23.4 Å². The third kappa shape index (κ3) is 4.33. The monoisotopic (exact) mass is 434 g/mol. The first-order valence-electron chi connectivity index (χ1n) is 11.1. The Labute approximate surface area is 188 Å². The van der Waals surface area contributed by atoms with Gasteiger partial charge in [-0.1, -0.05) is 30.3 Å². The highest BCUT2D eigenvalue weighted by molar-refractivity contribution is 6.02. The molecular weight excluding hydrogens is 404 g/mol. The molecule has 2 heterocycles. The molecule has 0 bridgehead atoms. The zero-order chi connectivity index (χ0) is 22.9. The van der Waals surface area contributed by atoms with E-state index in [4.69, 9.17) is 0 Å². The van der Waals surface area contributed by atoms with Gasteiger partial charge >= 0.3 is 0 Å². The summed E-state index contributed by atoms with van der Waals surface area (Å²) in [4.78, 5) is 40.1. The largest absolute Gasteiger partial charge is 0.362 e. The molecule has 7 nitrogen and oxygen atoms in total. The fourth-order valence-corrected chi connectivity index (χ4v) is 4.50. The molecule has 2 aliphatic rings. The van der Waals surface area contributed by atoms with E-state index in [0.717, 1.165) is 22.4 Å². The molecule has 0 aromatic heterocycles. The molecule has 4 rings (SSSR count). The summed E-state index contributed by atoms with van der Waals surface area (Å²) in [5, 5.41) is 9.51. The summed E-state index contributed by atoms with van der Waals surface area (Å²) in [6.45, 7) is 6.56. The normalized spacial score (nSPS) is 21.3. The number of fused-ring (bicyclic) bond motifs is 1. The predicted molar refractivity (Wildman–Crippen MR) is 123 cm³/mol.